The van der Waals surface area contributed by atoms with E-state index in [1.54, 1.807) is 0 Å². The summed E-state index contributed by atoms with van der Waals surface area (Å²) < 4.78 is 41.2. The molecule has 0 saturated heterocycles. The highest BCUT2D eigenvalue weighted by molar-refractivity contribution is 14.1. The molecule has 0 aliphatic carbocycles. The molecule has 1 rings (SSSR count). The van der Waals surface area contributed by atoms with Gasteiger partial charge < -0.3 is 4.74 Å². The molecule has 0 saturated carbocycles. The van der Waals surface area contributed by atoms with Crippen LogP contribution in [0.3, 0.4) is 0 Å². The Labute approximate surface area is 118 Å². The molecular weight excluding hydrogens is 360 g/mol. The molecule has 0 spiro atoms. The van der Waals surface area contributed by atoms with Crippen LogP contribution in [0.2, 0.25) is 0 Å². The molecule has 0 heterocycles. The van der Waals surface area contributed by atoms with Gasteiger partial charge >= 0.3 is 12.1 Å². The number of carbonyl (C=O) groups is 1. The van der Waals surface area contributed by atoms with Gasteiger partial charge in [0, 0.05) is 10.5 Å². The standard InChI is InChI=1S/C7H4F3I.C5H10O2/c8-7(9,10)5-1-3-6(11)4-2-5;1-4(2)7-5(3)6/h1-4H;4H,1-3H3. The number of ether oxygens (including phenoxy) is 1. The van der Waals surface area contributed by atoms with Gasteiger partial charge in [0.15, 0.2) is 0 Å². The molecular formula is C12H14F3IO2. The molecule has 0 atom stereocenters. The first-order valence-corrected chi connectivity index (χ1v) is 6.20. The van der Waals surface area contributed by atoms with Crippen LogP contribution in [0.5, 0.6) is 0 Å². The summed E-state index contributed by atoms with van der Waals surface area (Å²) in [7, 11) is 0. The molecule has 2 nitrogen and oxygen atoms in total. The van der Waals surface area contributed by atoms with Gasteiger partial charge in [-0.05, 0) is 60.7 Å². The Hall–Kier alpha value is -0.790. The van der Waals surface area contributed by atoms with E-state index >= 15 is 0 Å². The van der Waals surface area contributed by atoms with Crippen molar-refractivity contribution in [2.45, 2.75) is 33.1 Å². The minimum Gasteiger partial charge on any atom is -0.463 e. The smallest absolute Gasteiger partial charge is 0.416 e. The van der Waals surface area contributed by atoms with Crippen molar-refractivity contribution in [3.8, 4) is 0 Å². The number of hydrogen-bond acceptors (Lipinski definition) is 2. The van der Waals surface area contributed by atoms with Crippen LogP contribution < -0.4 is 0 Å². The van der Waals surface area contributed by atoms with Crippen molar-refractivity contribution < 1.29 is 22.7 Å². The Morgan fingerprint density at radius 1 is 1.22 bits per heavy atom. The number of benzene rings is 1. The Bertz CT molecular complexity index is 372. The van der Waals surface area contributed by atoms with Crippen molar-refractivity contribution in [3.63, 3.8) is 0 Å². The molecule has 0 fully saturated rings. The van der Waals surface area contributed by atoms with E-state index in [2.05, 4.69) is 4.74 Å². The van der Waals surface area contributed by atoms with E-state index < -0.39 is 11.7 Å². The molecule has 0 aliphatic rings. The lowest BCUT2D eigenvalue weighted by Crippen LogP contribution is -2.06. The molecule has 0 aromatic heterocycles. The van der Waals surface area contributed by atoms with Crippen LogP contribution >= 0.6 is 22.6 Å². The van der Waals surface area contributed by atoms with Crippen LogP contribution in [0.1, 0.15) is 26.3 Å². The molecule has 0 N–H and O–H groups in total. The van der Waals surface area contributed by atoms with Gasteiger partial charge in [0.1, 0.15) is 0 Å². The fourth-order valence-electron chi connectivity index (χ4n) is 0.971. The average molecular weight is 374 g/mol. The van der Waals surface area contributed by atoms with Crippen molar-refractivity contribution >= 4 is 28.6 Å². The summed E-state index contributed by atoms with van der Waals surface area (Å²) in [5.41, 5.74) is -0.599. The van der Waals surface area contributed by atoms with Crippen molar-refractivity contribution in [1.82, 2.24) is 0 Å². The van der Waals surface area contributed by atoms with Gasteiger partial charge in [-0.3, -0.25) is 4.79 Å². The molecule has 0 bridgehead atoms. The normalized spacial score (nSPS) is 10.7. The molecule has 0 radical (unpaired) electrons. The van der Waals surface area contributed by atoms with Crippen LogP contribution in [0, 0.1) is 3.57 Å². The van der Waals surface area contributed by atoms with E-state index in [0.717, 1.165) is 15.7 Å². The summed E-state index contributed by atoms with van der Waals surface area (Å²) >= 11 is 1.96. The van der Waals surface area contributed by atoms with E-state index in [4.69, 9.17) is 0 Å². The van der Waals surface area contributed by atoms with E-state index in [1.807, 2.05) is 36.4 Å². The SMILES string of the molecule is CC(=O)OC(C)C.FC(F)(F)c1ccc(I)cc1. The van der Waals surface area contributed by atoms with E-state index in [1.165, 1.54) is 19.1 Å². The first-order chi connectivity index (χ1) is 8.12. The first-order valence-electron chi connectivity index (χ1n) is 5.13. The number of esters is 1. The number of carbonyl (C=O) groups excluding carboxylic acids is 1. The summed E-state index contributed by atoms with van der Waals surface area (Å²) in [4.78, 5) is 10.0. The summed E-state index contributed by atoms with van der Waals surface area (Å²) in [5, 5.41) is 0. The van der Waals surface area contributed by atoms with Crippen molar-refractivity contribution in [3.05, 3.63) is 33.4 Å². The Morgan fingerprint density at radius 2 is 1.67 bits per heavy atom. The van der Waals surface area contributed by atoms with Crippen LogP contribution in [0.25, 0.3) is 0 Å². The average Bonchev–Trinajstić information content (AvgIpc) is 2.15. The third-order valence-electron chi connectivity index (χ3n) is 1.57. The predicted molar refractivity (Wildman–Crippen MR) is 71.1 cm³/mol. The Morgan fingerprint density at radius 3 is 1.89 bits per heavy atom. The summed E-state index contributed by atoms with van der Waals surface area (Å²) in [6.45, 7) is 5.04. The number of rotatable bonds is 1. The highest BCUT2D eigenvalue weighted by Crippen LogP contribution is 2.29. The number of halogens is 4. The van der Waals surface area contributed by atoms with Crippen LogP contribution in [0.15, 0.2) is 24.3 Å². The van der Waals surface area contributed by atoms with Crippen molar-refractivity contribution in [2.24, 2.45) is 0 Å². The molecule has 0 unspecified atom stereocenters. The van der Waals surface area contributed by atoms with Gasteiger partial charge in [0.05, 0.1) is 11.7 Å². The van der Waals surface area contributed by atoms with Crippen molar-refractivity contribution in [2.75, 3.05) is 0 Å². The zero-order valence-electron chi connectivity index (χ0n) is 10.2. The molecule has 18 heavy (non-hydrogen) atoms. The first kappa shape index (κ1) is 17.2. The minimum atomic E-state index is -4.22. The van der Waals surface area contributed by atoms with Gasteiger partial charge in [-0.25, -0.2) is 0 Å². The maximum absolute atomic E-state index is 11.9. The van der Waals surface area contributed by atoms with Gasteiger partial charge in [-0.2, -0.15) is 13.2 Å². The Balaban J connectivity index is 0.000000360. The molecule has 102 valence electrons. The largest absolute Gasteiger partial charge is 0.463 e. The molecule has 0 amide bonds. The second kappa shape index (κ2) is 7.60. The fraction of sp³-hybridized carbons (Fsp3) is 0.417. The number of alkyl halides is 3. The lowest BCUT2D eigenvalue weighted by Gasteiger charge is -2.04. The molecule has 0 aliphatic heterocycles. The number of hydrogen-bond donors (Lipinski definition) is 0. The zero-order chi connectivity index (χ0) is 14.3. The second-order valence-corrected chi connectivity index (χ2v) is 4.91. The van der Waals surface area contributed by atoms with E-state index in [9.17, 15) is 18.0 Å². The third kappa shape index (κ3) is 8.32. The maximum atomic E-state index is 11.9. The van der Waals surface area contributed by atoms with E-state index in [0.29, 0.717) is 0 Å². The summed E-state index contributed by atoms with van der Waals surface area (Å²) in [6, 6.07) is 5.01. The van der Waals surface area contributed by atoms with Crippen LogP contribution in [-0.2, 0) is 15.7 Å². The third-order valence-corrected chi connectivity index (χ3v) is 2.29. The van der Waals surface area contributed by atoms with Gasteiger partial charge in [-0.15, -0.1) is 0 Å². The van der Waals surface area contributed by atoms with Crippen molar-refractivity contribution in [1.29, 1.82) is 0 Å². The lowest BCUT2D eigenvalue weighted by molar-refractivity contribution is -0.144. The monoisotopic (exact) mass is 374 g/mol. The molecule has 6 heteroatoms. The van der Waals surface area contributed by atoms with Crippen LogP contribution in [0.4, 0.5) is 13.2 Å². The topological polar surface area (TPSA) is 26.3 Å². The van der Waals surface area contributed by atoms with Gasteiger partial charge in [0.2, 0.25) is 0 Å². The molecule has 1 aromatic rings. The fourth-order valence-corrected chi connectivity index (χ4v) is 1.33. The lowest BCUT2D eigenvalue weighted by atomic mass is 10.2. The highest BCUT2D eigenvalue weighted by atomic mass is 127. The summed E-state index contributed by atoms with van der Waals surface area (Å²) in [6.07, 6.45) is -4.19. The van der Waals surface area contributed by atoms with Crippen LogP contribution in [-0.4, -0.2) is 12.1 Å². The summed E-state index contributed by atoms with van der Waals surface area (Å²) in [5.74, 6) is -0.213. The Kier molecular flexibility index (Phi) is 7.27. The molecule has 1 aromatic carbocycles. The maximum Gasteiger partial charge on any atom is 0.416 e. The highest BCUT2D eigenvalue weighted by Gasteiger charge is 2.29. The second-order valence-electron chi connectivity index (χ2n) is 3.66. The zero-order valence-corrected chi connectivity index (χ0v) is 12.4. The van der Waals surface area contributed by atoms with Gasteiger partial charge in [-0.1, -0.05) is 0 Å². The predicted octanol–water partition coefficient (Wildman–Crippen LogP) is 4.27. The van der Waals surface area contributed by atoms with E-state index in [-0.39, 0.29) is 12.1 Å². The van der Waals surface area contributed by atoms with Gasteiger partial charge in [0.25, 0.3) is 0 Å². The quantitative estimate of drug-likeness (QED) is 0.542. The minimum absolute atomic E-state index is 0.0255.